The fourth-order valence-corrected chi connectivity index (χ4v) is 11.4. The highest BCUT2D eigenvalue weighted by atomic mass is 14.3. The molecule has 14 rings (SSSR count). The summed E-state index contributed by atoms with van der Waals surface area (Å²) in [7, 11) is 0. The highest BCUT2D eigenvalue weighted by Crippen LogP contribution is 2.51. The van der Waals surface area contributed by atoms with Crippen molar-refractivity contribution in [2.24, 2.45) is 0 Å². The van der Waals surface area contributed by atoms with Crippen molar-refractivity contribution < 1.29 is 0 Å². The molecule has 0 heteroatoms. The number of hydrogen-bond acceptors (Lipinski definition) is 0. The summed E-state index contributed by atoms with van der Waals surface area (Å²) in [6.07, 6.45) is 0. The van der Waals surface area contributed by atoms with Crippen molar-refractivity contribution in [1.29, 1.82) is 0 Å². The molecule has 0 bridgehead atoms. The van der Waals surface area contributed by atoms with E-state index < -0.39 is 0 Å². The van der Waals surface area contributed by atoms with Gasteiger partial charge in [-0.3, -0.25) is 0 Å². The van der Waals surface area contributed by atoms with E-state index in [9.17, 15) is 0 Å². The molecular formula is C64H38. The minimum Gasteiger partial charge on any atom is -0.0616 e. The molecule has 0 N–H and O–H groups in total. The van der Waals surface area contributed by atoms with Gasteiger partial charge < -0.3 is 0 Å². The lowest BCUT2D eigenvalue weighted by Gasteiger charge is -2.23. The van der Waals surface area contributed by atoms with E-state index in [4.69, 9.17) is 0 Å². The Labute approximate surface area is 369 Å². The van der Waals surface area contributed by atoms with Gasteiger partial charge in [-0.2, -0.15) is 0 Å². The van der Waals surface area contributed by atoms with Gasteiger partial charge in [0.15, 0.2) is 0 Å². The Hall–Kier alpha value is -8.32. The predicted molar refractivity (Wildman–Crippen MR) is 278 cm³/mol. The van der Waals surface area contributed by atoms with Crippen molar-refractivity contribution in [3.05, 3.63) is 231 Å². The predicted octanol–water partition coefficient (Wildman–Crippen LogP) is 18.2. The first-order valence-electron chi connectivity index (χ1n) is 22.3. The number of fused-ring (bicyclic) bond motifs is 12. The van der Waals surface area contributed by atoms with Crippen molar-refractivity contribution in [2.75, 3.05) is 0 Å². The van der Waals surface area contributed by atoms with Crippen LogP contribution in [0.3, 0.4) is 0 Å². The lowest BCUT2D eigenvalue weighted by Crippen LogP contribution is -1.95. The zero-order valence-electron chi connectivity index (χ0n) is 34.9. The molecule has 0 nitrogen and oxygen atoms in total. The van der Waals surface area contributed by atoms with Crippen LogP contribution in [-0.2, 0) is 0 Å². The van der Waals surface area contributed by atoms with Gasteiger partial charge in [-0.25, -0.2) is 0 Å². The maximum Gasteiger partial charge on any atom is -0.00139 e. The Kier molecular flexibility index (Phi) is 7.49. The van der Waals surface area contributed by atoms with E-state index in [1.54, 1.807) is 0 Å². The third kappa shape index (κ3) is 5.05. The van der Waals surface area contributed by atoms with Crippen molar-refractivity contribution in [3.8, 4) is 33.4 Å². The van der Waals surface area contributed by atoms with Gasteiger partial charge in [0, 0.05) is 0 Å². The maximum atomic E-state index is 2.42. The monoisotopic (exact) mass is 806 g/mol. The molecule has 0 fully saturated rings. The van der Waals surface area contributed by atoms with Crippen LogP contribution in [0.2, 0.25) is 0 Å². The summed E-state index contributed by atoms with van der Waals surface area (Å²) in [6.45, 7) is 0. The van der Waals surface area contributed by atoms with E-state index in [1.165, 1.54) is 141 Å². The fourth-order valence-electron chi connectivity index (χ4n) is 11.4. The average molecular weight is 807 g/mol. The second-order valence-corrected chi connectivity index (χ2v) is 17.5. The smallest absolute Gasteiger partial charge is 0.00139 e. The SMILES string of the molecule is c1cc(-c2c3ccccc3c(-c3c4ccccc4c(-c4cccc5cc6c(ccc7ccccc76)cc45)c4ccccc34)c3ccccc23)c2cc3ccc4ccccc4c3cc2c1. The third-order valence-corrected chi connectivity index (χ3v) is 14.1. The summed E-state index contributed by atoms with van der Waals surface area (Å²) in [5, 5.41) is 25.3. The van der Waals surface area contributed by atoms with Crippen LogP contribution >= 0.6 is 0 Å². The average Bonchev–Trinajstić information content (AvgIpc) is 3.36. The molecule has 0 aliphatic heterocycles. The fraction of sp³-hybridized carbons (Fsp3) is 0. The molecule has 0 radical (unpaired) electrons. The van der Waals surface area contributed by atoms with Gasteiger partial charge in [-0.1, -0.05) is 206 Å². The van der Waals surface area contributed by atoms with E-state index in [0.29, 0.717) is 0 Å². The summed E-state index contributed by atoms with van der Waals surface area (Å²) < 4.78 is 0. The number of hydrogen-bond donors (Lipinski definition) is 0. The number of benzene rings is 14. The first kappa shape index (κ1) is 35.3. The Morgan fingerprint density at radius 2 is 0.391 bits per heavy atom. The molecule has 14 aromatic rings. The van der Waals surface area contributed by atoms with Crippen LogP contribution in [0.4, 0.5) is 0 Å². The molecule has 0 aliphatic rings. The van der Waals surface area contributed by atoms with Crippen LogP contribution in [0, 0.1) is 0 Å². The molecule has 0 aliphatic carbocycles. The van der Waals surface area contributed by atoms with Crippen LogP contribution in [-0.4, -0.2) is 0 Å². The largest absolute Gasteiger partial charge is 0.0616 e. The second-order valence-electron chi connectivity index (χ2n) is 17.5. The molecule has 0 heterocycles. The van der Waals surface area contributed by atoms with Crippen LogP contribution in [0.25, 0.3) is 141 Å². The van der Waals surface area contributed by atoms with Crippen molar-refractivity contribution in [1.82, 2.24) is 0 Å². The molecule has 0 amide bonds. The normalized spacial score (nSPS) is 12.1. The van der Waals surface area contributed by atoms with Crippen LogP contribution in [0.5, 0.6) is 0 Å². The molecule has 0 unspecified atom stereocenters. The molecule has 0 saturated heterocycles. The van der Waals surface area contributed by atoms with E-state index in [2.05, 4.69) is 231 Å². The second kappa shape index (κ2) is 13.6. The van der Waals surface area contributed by atoms with E-state index in [0.717, 1.165) is 0 Å². The molecule has 0 saturated carbocycles. The molecule has 0 aromatic heterocycles. The first-order valence-corrected chi connectivity index (χ1v) is 22.3. The van der Waals surface area contributed by atoms with Crippen molar-refractivity contribution in [3.63, 3.8) is 0 Å². The summed E-state index contributed by atoms with van der Waals surface area (Å²) in [5.41, 5.74) is 7.63. The van der Waals surface area contributed by atoms with Gasteiger partial charge in [0.1, 0.15) is 0 Å². The van der Waals surface area contributed by atoms with E-state index in [-0.39, 0.29) is 0 Å². The van der Waals surface area contributed by atoms with Gasteiger partial charge in [0.25, 0.3) is 0 Å². The molecule has 64 heavy (non-hydrogen) atoms. The highest BCUT2D eigenvalue weighted by molar-refractivity contribution is 6.32. The van der Waals surface area contributed by atoms with Gasteiger partial charge in [-0.05, 0) is 165 Å². The van der Waals surface area contributed by atoms with Gasteiger partial charge in [0.2, 0.25) is 0 Å². The topological polar surface area (TPSA) is 0 Å². The van der Waals surface area contributed by atoms with Crippen LogP contribution in [0.15, 0.2) is 231 Å². The Morgan fingerprint density at radius 1 is 0.141 bits per heavy atom. The molecule has 14 aromatic carbocycles. The maximum absolute atomic E-state index is 2.42. The minimum absolute atomic E-state index is 1.25. The lowest BCUT2D eigenvalue weighted by atomic mass is 9.80. The Morgan fingerprint density at radius 3 is 0.750 bits per heavy atom. The van der Waals surface area contributed by atoms with Crippen molar-refractivity contribution >= 4 is 108 Å². The third-order valence-electron chi connectivity index (χ3n) is 14.1. The lowest BCUT2D eigenvalue weighted by molar-refractivity contribution is 1.69. The van der Waals surface area contributed by atoms with Crippen molar-refractivity contribution in [2.45, 2.75) is 0 Å². The quantitative estimate of drug-likeness (QED) is 0.123. The van der Waals surface area contributed by atoms with Crippen LogP contribution < -0.4 is 0 Å². The summed E-state index contributed by atoms with van der Waals surface area (Å²) in [6, 6.07) is 86.4. The van der Waals surface area contributed by atoms with E-state index >= 15 is 0 Å². The zero-order valence-corrected chi connectivity index (χ0v) is 34.9. The van der Waals surface area contributed by atoms with Gasteiger partial charge >= 0.3 is 0 Å². The summed E-state index contributed by atoms with van der Waals surface area (Å²) in [4.78, 5) is 0. The number of rotatable bonds is 3. The molecule has 0 spiro atoms. The molecule has 294 valence electrons. The van der Waals surface area contributed by atoms with Crippen LogP contribution in [0.1, 0.15) is 0 Å². The van der Waals surface area contributed by atoms with Gasteiger partial charge in [0.05, 0.1) is 0 Å². The summed E-state index contributed by atoms with van der Waals surface area (Å²) >= 11 is 0. The molecular weight excluding hydrogens is 769 g/mol. The Balaban J connectivity index is 1.07. The molecule has 0 atom stereocenters. The first-order chi connectivity index (χ1) is 31.8. The van der Waals surface area contributed by atoms with E-state index in [1.807, 2.05) is 0 Å². The van der Waals surface area contributed by atoms with Gasteiger partial charge in [-0.15, -0.1) is 0 Å². The minimum atomic E-state index is 1.25. The standard InChI is InChI=1S/C64H38/c1-3-19-45-39(15-1)31-33-43-37-59-41(35-57(43)45)17-13-29-55(59)61-47-21-5-9-25-51(47)63(52-26-10-6-22-48(52)61)64-53-27-11-7-23-49(53)62(50-24-8-12-28-54(50)64)56-30-14-18-42-36-58-44(38-60(42)56)34-32-40-16-2-4-20-46(40)58/h1-38H. The Bertz CT molecular complexity index is 3910. The zero-order chi connectivity index (χ0) is 41.9. The summed E-state index contributed by atoms with van der Waals surface area (Å²) in [5.74, 6) is 0. The highest BCUT2D eigenvalue weighted by Gasteiger charge is 2.24.